The molecular formula is C13H18FNO. The summed E-state index contributed by atoms with van der Waals surface area (Å²) in [6.45, 7) is 1.93. The highest BCUT2D eigenvalue weighted by molar-refractivity contribution is 5.30. The quantitative estimate of drug-likeness (QED) is 0.767. The van der Waals surface area contributed by atoms with Crippen LogP contribution >= 0.6 is 0 Å². The number of hydrogen-bond donors (Lipinski definition) is 2. The van der Waals surface area contributed by atoms with Gasteiger partial charge in [0, 0.05) is 11.1 Å². The molecule has 0 radical (unpaired) electrons. The van der Waals surface area contributed by atoms with E-state index in [2.05, 4.69) is 0 Å². The number of aryl methyl sites for hydroxylation is 1. The van der Waals surface area contributed by atoms with E-state index in [1.807, 2.05) is 13.0 Å². The SMILES string of the molecule is Cc1ccc(F)c(C2(N)CCC(O)CC2)c1. The molecule has 1 fully saturated rings. The second-order valence-electron chi connectivity index (χ2n) is 4.87. The Hall–Kier alpha value is -0.930. The first kappa shape index (κ1) is 11.6. The van der Waals surface area contributed by atoms with Gasteiger partial charge in [-0.3, -0.25) is 0 Å². The summed E-state index contributed by atoms with van der Waals surface area (Å²) in [5, 5.41) is 9.46. The van der Waals surface area contributed by atoms with Crippen molar-refractivity contribution in [3.8, 4) is 0 Å². The Morgan fingerprint density at radius 1 is 1.38 bits per heavy atom. The summed E-state index contributed by atoms with van der Waals surface area (Å²) in [6.07, 6.45) is 2.33. The van der Waals surface area contributed by atoms with Crippen LogP contribution in [0.2, 0.25) is 0 Å². The van der Waals surface area contributed by atoms with Crippen molar-refractivity contribution in [2.45, 2.75) is 44.2 Å². The maximum absolute atomic E-state index is 13.8. The number of hydrogen-bond acceptors (Lipinski definition) is 2. The van der Waals surface area contributed by atoms with Gasteiger partial charge in [-0.05, 0) is 38.7 Å². The summed E-state index contributed by atoms with van der Waals surface area (Å²) in [6, 6.07) is 5.05. The van der Waals surface area contributed by atoms with Gasteiger partial charge in [-0.25, -0.2) is 4.39 Å². The van der Waals surface area contributed by atoms with Gasteiger partial charge < -0.3 is 10.8 Å². The van der Waals surface area contributed by atoms with Crippen LogP contribution < -0.4 is 5.73 Å². The standard InChI is InChI=1S/C13H18FNO/c1-9-2-3-12(14)11(8-9)13(15)6-4-10(16)5-7-13/h2-3,8,10,16H,4-7,15H2,1H3. The Bertz CT molecular complexity index is 384. The van der Waals surface area contributed by atoms with Crippen LogP contribution in [0.5, 0.6) is 0 Å². The fraction of sp³-hybridized carbons (Fsp3) is 0.538. The van der Waals surface area contributed by atoms with Crippen molar-refractivity contribution < 1.29 is 9.50 Å². The van der Waals surface area contributed by atoms with E-state index in [-0.39, 0.29) is 11.9 Å². The molecule has 0 aliphatic heterocycles. The first-order chi connectivity index (χ1) is 7.51. The fourth-order valence-corrected chi connectivity index (χ4v) is 2.41. The molecule has 0 spiro atoms. The number of benzene rings is 1. The van der Waals surface area contributed by atoms with Crippen LogP contribution in [-0.4, -0.2) is 11.2 Å². The first-order valence-corrected chi connectivity index (χ1v) is 5.75. The van der Waals surface area contributed by atoms with E-state index in [9.17, 15) is 9.50 Å². The molecule has 3 heteroatoms. The van der Waals surface area contributed by atoms with Crippen LogP contribution in [0.25, 0.3) is 0 Å². The largest absolute Gasteiger partial charge is 0.393 e. The molecule has 0 amide bonds. The molecule has 88 valence electrons. The molecule has 1 saturated carbocycles. The van der Waals surface area contributed by atoms with E-state index in [0.29, 0.717) is 31.2 Å². The number of nitrogens with two attached hydrogens (primary N) is 1. The van der Waals surface area contributed by atoms with E-state index >= 15 is 0 Å². The maximum atomic E-state index is 13.8. The predicted octanol–water partition coefficient (Wildman–Crippen LogP) is 2.22. The summed E-state index contributed by atoms with van der Waals surface area (Å²) in [5.74, 6) is -0.232. The molecule has 1 aliphatic rings. The van der Waals surface area contributed by atoms with Crippen molar-refractivity contribution in [1.82, 2.24) is 0 Å². The van der Waals surface area contributed by atoms with Crippen molar-refractivity contribution in [3.05, 3.63) is 35.1 Å². The molecule has 0 saturated heterocycles. The molecule has 2 nitrogen and oxygen atoms in total. The van der Waals surface area contributed by atoms with Gasteiger partial charge in [0.05, 0.1) is 6.10 Å². The highest BCUT2D eigenvalue weighted by atomic mass is 19.1. The van der Waals surface area contributed by atoms with Gasteiger partial charge in [0.25, 0.3) is 0 Å². The molecule has 1 aromatic carbocycles. The lowest BCUT2D eigenvalue weighted by Crippen LogP contribution is -2.42. The van der Waals surface area contributed by atoms with E-state index in [1.54, 1.807) is 6.07 Å². The topological polar surface area (TPSA) is 46.2 Å². The van der Waals surface area contributed by atoms with Crippen molar-refractivity contribution in [2.75, 3.05) is 0 Å². The number of aliphatic hydroxyl groups excluding tert-OH is 1. The van der Waals surface area contributed by atoms with Gasteiger partial charge in [0.15, 0.2) is 0 Å². The minimum Gasteiger partial charge on any atom is -0.393 e. The third-order valence-corrected chi connectivity index (χ3v) is 3.51. The van der Waals surface area contributed by atoms with Gasteiger partial charge in [0.2, 0.25) is 0 Å². The van der Waals surface area contributed by atoms with Crippen molar-refractivity contribution >= 4 is 0 Å². The van der Waals surface area contributed by atoms with Crippen LogP contribution in [0.4, 0.5) is 4.39 Å². The zero-order chi connectivity index (χ0) is 11.8. The van der Waals surface area contributed by atoms with Crippen LogP contribution in [-0.2, 0) is 5.54 Å². The van der Waals surface area contributed by atoms with Crippen molar-refractivity contribution in [1.29, 1.82) is 0 Å². The highest BCUT2D eigenvalue weighted by Gasteiger charge is 2.34. The molecule has 16 heavy (non-hydrogen) atoms. The second kappa shape index (κ2) is 4.15. The molecule has 0 heterocycles. The van der Waals surface area contributed by atoms with Crippen LogP contribution in [0, 0.1) is 12.7 Å². The van der Waals surface area contributed by atoms with Gasteiger partial charge >= 0.3 is 0 Å². The third kappa shape index (κ3) is 2.11. The molecule has 1 aliphatic carbocycles. The van der Waals surface area contributed by atoms with Gasteiger partial charge in [-0.2, -0.15) is 0 Å². The molecule has 0 aromatic heterocycles. The normalized spacial score (nSPS) is 30.4. The van der Waals surface area contributed by atoms with Crippen molar-refractivity contribution in [2.24, 2.45) is 5.73 Å². The first-order valence-electron chi connectivity index (χ1n) is 5.75. The van der Waals surface area contributed by atoms with E-state index in [0.717, 1.165) is 5.56 Å². The molecule has 0 atom stereocenters. The zero-order valence-electron chi connectivity index (χ0n) is 9.54. The summed E-state index contributed by atoms with van der Waals surface area (Å²) in [4.78, 5) is 0. The van der Waals surface area contributed by atoms with Crippen molar-refractivity contribution in [3.63, 3.8) is 0 Å². The molecule has 1 aromatic rings. The number of rotatable bonds is 1. The van der Waals surface area contributed by atoms with Gasteiger partial charge in [-0.15, -0.1) is 0 Å². The minimum atomic E-state index is -0.602. The average molecular weight is 223 g/mol. The number of halogens is 1. The smallest absolute Gasteiger partial charge is 0.128 e. The number of aliphatic hydroxyl groups is 1. The molecule has 0 unspecified atom stereocenters. The average Bonchev–Trinajstić information content (AvgIpc) is 2.26. The Balaban J connectivity index is 2.32. The lowest BCUT2D eigenvalue weighted by molar-refractivity contribution is 0.0957. The zero-order valence-corrected chi connectivity index (χ0v) is 9.54. The summed E-state index contributed by atoms with van der Waals surface area (Å²) in [5.41, 5.74) is 7.28. The highest BCUT2D eigenvalue weighted by Crippen LogP contribution is 2.36. The van der Waals surface area contributed by atoms with Gasteiger partial charge in [-0.1, -0.05) is 17.7 Å². The predicted molar refractivity (Wildman–Crippen MR) is 61.5 cm³/mol. The summed E-state index contributed by atoms with van der Waals surface area (Å²) >= 11 is 0. The Morgan fingerprint density at radius 3 is 2.62 bits per heavy atom. The third-order valence-electron chi connectivity index (χ3n) is 3.51. The molecule has 0 bridgehead atoms. The lowest BCUT2D eigenvalue weighted by atomic mass is 9.76. The summed E-state index contributed by atoms with van der Waals surface area (Å²) < 4.78 is 13.8. The maximum Gasteiger partial charge on any atom is 0.128 e. The van der Waals surface area contributed by atoms with Crippen LogP contribution in [0.3, 0.4) is 0 Å². The molecule has 3 N–H and O–H groups in total. The van der Waals surface area contributed by atoms with Crippen LogP contribution in [0.1, 0.15) is 36.8 Å². The minimum absolute atomic E-state index is 0.232. The Kier molecular flexibility index (Phi) is 3.00. The second-order valence-corrected chi connectivity index (χ2v) is 4.87. The monoisotopic (exact) mass is 223 g/mol. The van der Waals surface area contributed by atoms with Gasteiger partial charge in [0.1, 0.15) is 5.82 Å². The fourth-order valence-electron chi connectivity index (χ4n) is 2.41. The van der Waals surface area contributed by atoms with E-state index in [4.69, 9.17) is 5.73 Å². The van der Waals surface area contributed by atoms with E-state index in [1.165, 1.54) is 6.07 Å². The molecular weight excluding hydrogens is 205 g/mol. The Morgan fingerprint density at radius 2 is 2.00 bits per heavy atom. The van der Waals surface area contributed by atoms with Crippen LogP contribution in [0.15, 0.2) is 18.2 Å². The lowest BCUT2D eigenvalue weighted by Gasteiger charge is -2.36. The Labute approximate surface area is 95.3 Å². The molecule has 2 rings (SSSR count). The van der Waals surface area contributed by atoms with E-state index < -0.39 is 5.54 Å². The summed E-state index contributed by atoms with van der Waals surface area (Å²) in [7, 11) is 0.